The zero-order chi connectivity index (χ0) is 16.5. The van der Waals surface area contributed by atoms with Gasteiger partial charge in [0.1, 0.15) is 11.9 Å². The maximum atomic E-state index is 13.5. The van der Waals surface area contributed by atoms with Gasteiger partial charge in [-0.25, -0.2) is 8.78 Å². The van der Waals surface area contributed by atoms with Crippen molar-refractivity contribution in [2.45, 2.75) is 57.1 Å². The van der Waals surface area contributed by atoms with E-state index in [2.05, 4.69) is 0 Å². The smallest absolute Gasteiger partial charge is 0.244 e. The Morgan fingerprint density at radius 1 is 1.21 bits per heavy atom. The van der Waals surface area contributed by atoms with E-state index in [1.165, 1.54) is 0 Å². The number of carbonyl (C=O) groups is 1. The molecule has 2 aliphatic heterocycles. The van der Waals surface area contributed by atoms with Crippen molar-refractivity contribution in [1.29, 1.82) is 0 Å². The molecule has 1 aromatic carbocycles. The Morgan fingerprint density at radius 2 is 1.96 bits per heavy atom. The van der Waals surface area contributed by atoms with Crippen LogP contribution >= 0.6 is 0 Å². The number of hydrogen-bond donors (Lipinski definition) is 0. The van der Waals surface area contributed by atoms with Gasteiger partial charge in [0.15, 0.2) is 0 Å². The Balaban J connectivity index is 1.45. The van der Waals surface area contributed by atoms with Crippen molar-refractivity contribution in [2.75, 3.05) is 6.54 Å². The number of likely N-dealkylation sites (tertiary alicyclic amines) is 1. The number of para-hydroxylation sites is 1. The van der Waals surface area contributed by atoms with Gasteiger partial charge in [-0.05, 0) is 38.2 Å². The standard InChI is InChI=1S/C19H21F2NO2/c20-16(21)18-5-7-19(11-18,8-6-18)17(23)22-10-12-9-14(22)13-3-1-2-4-15(13)24-12/h1-4,12,14,16H,5-11H2/t12-,14-,18?,19?/m0/s1. The molecule has 5 rings (SSSR count). The quantitative estimate of drug-likeness (QED) is 0.820. The molecule has 3 nitrogen and oxygen atoms in total. The Bertz CT molecular complexity index is 696. The van der Waals surface area contributed by atoms with Crippen molar-refractivity contribution in [3.05, 3.63) is 29.8 Å². The van der Waals surface area contributed by atoms with Gasteiger partial charge in [0.05, 0.1) is 18.0 Å². The van der Waals surface area contributed by atoms with Crippen LogP contribution in [0.15, 0.2) is 24.3 Å². The van der Waals surface area contributed by atoms with Gasteiger partial charge in [-0.3, -0.25) is 4.79 Å². The lowest BCUT2D eigenvalue weighted by Crippen LogP contribution is -2.41. The summed E-state index contributed by atoms with van der Waals surface area (Å²) in [6.07, 6.45) is 1.13. The highest BCUT2D eigenvalue weighted by atomic mass is 19.3. The van der Waals surface area contributed by atoms with Gasteiger partial charge < -0.3 is 9.64 Å². The number of amides is 1. The SMILES string of the molecule is O=C(N1C[C@@H]2C[C@H]1c1ccccc1O2)C12CCC(C(F)F)(CC1)C2. The van der Waals surface area contributed by atoms with E-state index in [1.54, 1.807) is 0 Å². The topological polar surface area (TPSA) is 29.5 Å². The molecule has 0 unspecified atom stereocenters. The van der Waals surface area contributed by atoms with E-state index in [0.717, 1.165) is 17.7 Å². The maximum Gasteiger partial charge on any atom is 0.244 e. The van der Waals surface area contributed by atoms with E-state index in [9.17, 15) is 13.6 Å². The Morgan fingerprint density at radius 3 is 2.67 bits per heavy atom. The molecule has 128 valence electrons. The van der Waals surface area contributed by atoms with E-state index in [0.29, 0.717) is 38.6 Å². The molecule has 2 atom stereocenters. The van der Waals surface area contributed by atoms with Crippen molar-refractivity contribution in [3.8, 4) is 5.75 Å². The normalized spacial score (nSPS) is 39.2. The van der Waals surface area contributed by atoms with Gasteiger partial charge in [0.25, 0.3) is 0 Å². The summed E-state index contributed by atoms with van der Waals surface area (Å²) in [7, 11) is 0. The number of fused-ring (bicyclic) bond motifs is 6. The molecule has 1 aromatic rings. The summed E-state index contributed by atoms with van der Waals surface area (Å²) in [5.41, 5.74) is -0.394. The molecule has 24 heavy (non-hydrogen) atoms. The Kier molecular flexibility index (Phi) is 2.88. The highest BCUT2D eigenvalue weighted by molar-refractivity contribution is 5.85. The van der Waals surface area contributed by atoms with Crippen LogP contribution in [-0.2, 0) is 4.79 Å². The molecule has 1 amide bonds. The third kappa shape index (κ3) is 1.78. The number of carbonyl (C=O) groups excluding carboxylic acids is 1. The Hall–Kier alpha value is -1.65. The van der Waals surface area contributed by atoms with Crippen molar-refractivity contribution in [3.63, 3.8) is 0 Å². The average molecular weight is 333 g/mol. The van der Waals surface area contributed by atoms with Crippen LogP contribution in [0.25, 0.3) is 0 Å². The van der Waals surface area contributed by atoms with Gasteiger partial charge in [-0.1, -0.05) is 18.2 Å². The molecule has 1 saturated heterocycles. The van der Waals surface area contributed by atoms with Crippen LogP contribution < -0.4 is 4.74 Å². The first-order valence-electron chi connectivity index (χ1n) is 8.88. The van der Waals surface area contributed by atoms with E-state index in [-0.39, 0.29) is 18.1 Å². The van der Waals surface area contributed by atoms with Gasteiger partial charge >= 0.3 is 0 Å². The number of nitrogens with zero attached hydrogens (tertiary/aromatic N) is 1. The summed E-state index contributed by atoms with van der Waals surface area (Å²) in [5, 5.41) is 0. The molecule has 5 heteroatoms. The first-order chi connectivity index (χ1) is 11.5. The summed E-state index contributed by atoms with van der Waals surface area (Å²) < 4.78 is 33.0. The molecule has 0 N–H and O–H groups in total. The van der Waals surface area contributed by atoms with Gasteiger partial charge in [-0.2, -0.15) is 0 Å². The van der Waals surface area contributed by atoms with Crippen LogP contribution in [0.4, 0.5) is 8.78 Å². The van der Waals surface area contributed by atoms with E-state index in [4.69, 9.17) is 4.74 Å². The molecular weight excluding hydrogens is 312 g/mol. The van der Waals surface area contributed by atoms with Crippen molar-refractivity contribution < 1.29 is 18.3 Å². The molecule has 3 fully saturated rings. The number of rotatable bonds is 2. The van der Waals surface area contributed by atoms with Crippen molar-refractivity contribution >= 4 is 5.91 Å². The largest absolute Gasteiger partial charge is 0.488 e. The van der Waals surface area contributed by atoms with E-state index < -0.39 is 17.3 Å². The van der Waals surface area contributed by atoms with Crippen molar-refractivity contribution in [2.24, 2.45) is 10.8 Å². The Labute approximate surface area is 140 Å². The molecule has 4 bridgehead atoms. The van der Waals surface area contributed by atoms with Gasteiger partial charge in [-0.15, -0.1) is 0 Å². The summed E-state index contributed by atoms with van der Waals surface area (Å²) in [6, 6.07) is 7.93. The van der Waals surface area contributed by atoms with Crippen LogP contribution in [0.2, 0.25) is 0 Å². The molecule has 0 radical (unpaired) electrons. The molecule has 2 saturated carbocycles. The summed E-state index contributed by atoms with van der Waals surface area (Å²) >= 11 is 0. The minimum absolute atomic E-state index is 0.0351. The fraction of sp³-hybridized carbons (Fsp3) is 0.632. The lowest BCUT2D eigenvalue weighted by Gasteiger charge is -2.34. The number of hydrogen-bond acceptors (Lipinski definition) is 2. The lowest BCUT2D eigenvalue weighted by molar-refractivity contribution is -0.142. The maximum absolute atomic E-state index is 13.5. The van der Waals surface area contributed by atoms with E-state index in [1.807, 2.05) is 29.2 Å². The first-order valence-corrected chi connectivity index (χ1v) is 8.88. The van der Waals surface area contributed by atoms with Crippen LogP contribution in [0.5, 0.6) is 5.75 Å². The highest BCUT2D eigenvalue weighted by Crippen LogP contribution is 2.65. The zero-order valence-corrected chi connectivity index (χ0v) is 13.5. The first kappa shape index (κ1) is 14.7. The second-order valence-electron chi connectivity index (χ2n) is 8.11. The second-order valence-corrected chi connectivity index (χ2v) is 8.11. The van der Waals surface area contributed by atoms with Crippen LogP contribution in [0, 0.1) is 10.8 Å². The van der Waals surface area contributed by atoms with Crippen LogP contribution in [-0.4, -0.2) is 29.9 Å². The third-order valence-electron chi connectivity index (χ3n) is 6.91. The number of benzene rings is 1. The molecule has 0 spiro atoms. The zero-order valence-electron chi connectivity index (χ0n) is 13.5. The highest BCUT2D eigenvalue weighted by Gasteiger charge is 2.63. The molecule has 0 aromatic heterocycles. The predicted molar refractivity (Wildman–Crippen MR) is 83.9 cm³/mol. The minimum atomic E-state index is -2.31. The predicted octanol–water partition coefficient (Wildman–Crippen LogP) is 3.94. The van der Waals surface area contributed by atoms with Crippen LogP contribution in [0.1, 0.15) is 50.1 Å². The number of halogens is 2. The summed E-state index contributed by atoms with van der Waals surface area (Å²) in [4.78, 5) is 15.3. The number of ether oxygens (including phenoxy) is 1. The second kappa shape index (κ2) is 4.70. The monoisotopic (exact) mass is 333 g/mol. The third-order valence-corrected chi connectivity index (χ3v) is 6.91. The van der Waals surface area contributed by atoms with Gasteiger partial charge in [0.2, 0.25) is 12.3 Å². The molecule has 4 aliphatic rings. The fourth-order valence-electron chi connectivity index (χ4n) is 5.59. The summed E-state index contributed by atoms with van der Waals surface area (Å²) in [6.45, 7) is 0.585. The van der Waals surface area contributed by atoms with Crippen LogP contribution in [0.3, 0.4) is 0 Å². The van der Waals surface area contributed by atoms with Crippen molar-refractivity contribution in [1.82, 2.24) is 4.90 Å². The lowest BCUT2D eigenvalue weighted by atomic mass is 9.81. The molecule has 2 heterocycles. The fourth-order valence-corrected chi connectivity index (χ4v) is 5.59. The van der Waals surface area contributed by atoms with Gasteiger partial charge in [0, 0.05) is 17.4 Å². The summed E-state index contributed by atoms with van der Waals surface area (Å²) in [5.74, 6) is 0.960. The molecule has 2 aliphatic carbocycles. The minimum Gasteiger partial charge on any atom is -0.488 e. The van der Waals surface area contributed by atoms with E-state index >= 15 is 0 Å². The average Bonchev–Trinajstić information content (AvgIpc) is 3.26. The number of alkyl halides is 2. The molecular formula is C19H21F2NO2.